The highest BCUT2D eigenvalue weighted by Crippen LogP contribution is 2.25. The van der Waals surface area contributed by atoms with E-state index in [4.69, 9.17) is 23.2 Å². The first kappa shape index (κ1) is 27.3. The summed E-state index contributed by atoms with van der Waals surface area (Å²) in [5.74, 6) is 0.370. The van der Waals surface area contributed by atoms with Gasteiger partial charge in [-0.25, -0.2) is 0 Å². The van der Waals surface area contributed by atoms with Gasteiger partial charge in [0.2, 0.25) is 11.8 Å². The summed E-state index contributed by atoms with van der Waals surface area (Å²) in [6.07, 6.45) is 4.60. The molecular weight excluding hydrogens is 509 g/mol. The van der Waals surface area contributed by atoms with Gasteiger partial charge in [0.15, 0.2) is 0 Å². The van der Waals surface area contributed by atoms with Crippen LogP contribution in [0.15, 0.2) is 42.5 Å². The molecule has 0 aromatic heterocycles. The van der Waals surface area contributed by atoms with E-state index in [1.165, 1.54) is 23.9 Å². The number of carbonyl (C=O) groups excluding carboxylic acids is 2. The zero-order chi connectivity index (χ0) is 25.4. The third kappa shape index (κ3) is 7.85. The second-order valence-corrected chi connectivity index (χ2v) is 10.4. The fourth-order valence-electron chi connectivity index (χ4n) is 4.17. The largest absolute Gasteiger partial charge is 0.352 e. The lowest BCUT2D eigenvalue weighted by atomic mass is 10.1. The molecule has 188 valence electrons. The molecule has 1 aliphatic rings. The number of non-ortho nitro benzene ring substituents is 1. The lowest BCUT2D eigenvalue weighted by molar-refractivity contribution is -0.384. The van der Waals surface area contributed by atoms with Gasteiger partial charge in [-0.3, -0.25) is 19.7 Å². The Morgan fingerprint density at radius 2 is 1.86 bits per heavy atom. The Kier molecular flexibility index (Phi) is 10.2. The first-order valence-corrected chi connectivity index (χ1v) is 13.5. The predicted molar refractivity (Wildman–Crippen MR) is 141 cm³/mol. The molecule has 0 aliphatic heterocycles. The van der Waals surface area contributed by atoms with Gasteiger partial charge in [-0.2, -0.15) is 0 Å². The molecule has 3 rings (SSSR count). The molecule has 10 heteroatoms. The predicted octanol–water partition coefficient (Wildman–Crippen LogP) is 6.00. The van der Waals surface area contributed by atoms with Crippen molar-refractivity contribution in [2.75, 3.05) is 5.75 Å². The summed E-state index contributed by atoms with van der Waals surface area (Å²) in [5, 5.41) is 14.9. The van der Waals surface area contributed by atoms with Crippen LogP contribution in [0.2, 0.25) is 10.0 Å². The number of amides is 2. The topological polar surface area (TPSA) is 92.6 Å². The molecule has 1 aliphatic carbocycles. The zero-order valence-corrected chi connectivity index (χ0v) is 21.9. The summed E-state index contributed by atoms with van der Waals surface area (Å²) in [6, 6.07) is 10.9. The maximum atomic E-state index is 13.4. The molecule has 0 heterocycles. The van der Waals surface area contributed by atoms with Gasteiger partial charge in [-0.1, -0.05) is 61.2 Å². The van der Waals surface area contributed by atoms with Gasteiger partial charge in [-0.15, -0.1) is 11.8 Å². The van der Waals surface area contributed by atoms with Crippen LogP contribution in [0.4, 0.5) is 5.69 Å². The third-order valence-corrected chi connectivity index (χ3v) is 7.66. The van der Waals surface area contributed by atoms with Gasteiger partial charge in [0.05, 0.1) is 10.7 Å². The first-order valence-electron chi connectivity index (χ1n) is 11.6. The van der Waals surface area contributed by atoms with Crippen LogP contribution in [0, 0.1) is 10.1 Å². The van der Waals surface area contributed by atoms with E-state index in [2.05, 4.69) is 5.32 Å². The van der Waals surface area contributed by atoms with Crippen molar-refractivity contribution >= 4 is 52.5 Å². The molecule has 1 N–H and O–H groups in total. The Morgan fingerprint density at radius 3 is 2.46 bits per heavy atom. The number of nitrogens with one attached hydrogen (secondary N) is 1. The van der Waals surface area contributed by atoms with Crippen molar-refractivity contribution in [2.24, 2.45) is 0 Å². The van der Waals surface area contributed by atoms with Crippen molar-refractivity contribution in [1.82, 2.24) is 10.2 Å². The Bertz CT molecular complexity index is 1050. The number of hydrogen-bond donors (Lipinski definition) is 1. The normalized spacial score (nSPS) is 14.5. The molecule has 1 fully saturated rings. The Hall–Kier alpha value is -2.29. The van der Waals surface area contributed by atoms with E-state index in [9.17, 15) is 19.7 Å². The SMILES string of the molecule is CC[C@H](C(=O)NC1CCCC1)N(Cc1ccc(Cl)cc1Cl)C(=O)CSCc1ccc([N+](=O)[O-])cc1. The van der Waals surface area contributed by atoms with Crippen LogP contribution in [0.3, 0.4) is 0 Å². The first-order chi connectivity index (χ1) is 16.8. The molecule has 35 heavy (non-hydrogen) atoms. The molecule has 1 atom stereocenters. The van der Waals surface area contributed by atoms with Gasteiger partial charge in [0.25, 0.3) is 5.69 Å². The highest BCUT2D eigenvalue weighted by molar-refractivity contribution is 7.99. The quantitative estimate of drug-likeness (QED) is 0.280. The molecule has 0 saturated heterocycles. The van der Waals surface area contributed by atoms with E-state index in [0.717, 1.165) is 36.8 Å². The summed E-state index contributed by atoms with van der Waals surface area (Å²) >= 11 is 13.8. The van der Waals surface area contributed by atoms with E-state index in [1.54, 1.807) is 35.2 Å². The molecule has 0 radical (unpaired) electrons. The average molecular weight is 538 g/mol. The van der Waals surface area contributed by atoms with Crippen molar-refractivity contribution in [1.29, 1.82) is 0 Å². The van der Waals surface area contributed by atoms with E-state index < -0.39 is 11.0 Å². The number of thioether (sulfide) groups is 1. The van der Waals surface area contributed by atoms with Crippen molar-refractivity contribution in [3.8, 4) is 0 Å². The summed E-state index contributed by atoms with van der Waals surface area (Å²) in [4.78, 5) is 38.5. The maximum Gasteiger partial charge on any atom is 0.269 e. The van der Waals surface area contributed by atoms with Gasteiger partial charge in [0, 0.05) is 40.5 Å². The number of benzene rings is 2. The fraction of sp³-hybridized carbons (Fsp3) is 0.440. The minimum absolute atomic E-state index is 0.0277. The smallest absolute Gasteiger partial charge is 0.269 e. The molecule has 2 aromatic carbocycles. The minimum Gasteiger partial charge on any atom is -0.352 e. The fourth-order valence-corrected chi connectivity index (χ4v) is 5.51. The maximum absolute atomic E-state index is 13.4. The van der Waals surface area contributed by atoms with Gasteiger partial charge < -0.3 is 10.2 Å². The van der Waals surface area contributed by atoms with Gasteiger partial charge >= 0.3 is 0 Å². The van der Waals surface area contributed by atoms with Crippen LogP contribution in [-0.2, 0) is 21.9 Å². The number of halogens is 2. The standard InChI is InChI=1S/C25H29Cl2N3O4S/c1-2-23(25(32)28-20-5-3-4-6-20)29(14-18-9-10-19(26)13-22(18)27)24(31)16-35-15-17-7-11-21(12-8-17)30(33)34/h7-13,20,23H,2-6,14-16H2,1H3,(H,28,32)/t23-/m1/s1. The van der Waals surface area contributed by atoms with Crippen LogP contribution >= 0.6 is 35.0 Å². The van der Waals surface area contributed by atoms with Crippen molar-refractivity contribution < 1.29 is 14.5 Å². The van der Waals surface area contributed by atoms with E-state index in [1.807, 2.05) is 6.92 Å². The summed E-state index contributed by atoms with van der Waals surface area (Å²) in [6.45, 7) is 2.09. The van der Waals surface area contributed by atoms with Crippen LogP contribution < -0.4 is 5.32 Å². The van der Waals surface area contributed by atoms with Gasteiger partial charge in [-0.05, 0) is 42.5 Å². The zero-order valence-electron chi connectivity index (χ0n) is 19.5. The summed E-state index contributed by atoms with van der Waals surface area (Å²) in [5.41, 5.74) is 1.63. The average Bonchev–Trinajstić information content (AvgIpc) is 3.33. The van der Waals surface area contributed by atoms with Crippen LogP contribution in [0.25, 0.3) is 0 Å². The second-order valence-electron chi connectivity index (χ2n) is 8.59. The second kappa shape index (κ2) is 13.1. The number of rotatable bonds is 11. The van der Waals surface area contributed by atoms with Crippen LogP contribution in [0.1, 0.15) is 50.2 Å². The number of carbonyl (C=O) groups is 2. The summed E-state index contributed by atoms with van der Waals surface area (Å²) < 4.78 is 0. The van der Waals surface area contributed by atoms with Crippen molar-refractivity contribution in [2.45, 2.75) is 63.4 Å². The molecule has 2 aromatic rings. The lowest BCUT2D eigenvalue weighted by Crippen LogP contribution is -2.51. The van der Waals surface area contributed by atoms with E-state index >= 15 is 0 Å². The third-order valence-electron chi connectivity index (χ3n) is 6.08. The molecule has 1 saturated carbocycles. The molecule has 0 bridgehead atoms. The highest BCUT2D eigenvalue weighted by Gasteiger charge is 2.31. The summed E-state index contributed by atoms with van der Waals surface area (Å²) in [7, 11) is 0. The molecular formula is C25H29Cl2N3O4S. The van der Waals surface area contributed by atoms with E-state index in [-0.39, 0.29) is 35.8 Å². The monoisotopic (exact) mass is 537 g/mol. The van der Waals surface area contributed by atoms with Crippen LogP contribution in [-0.4, -0.2) is 39.5 Å². The Morgan fingerprint density at radius 1 is 1.17 bits per heavy atom. The number of hydrogen-bond acceptors (Lipinski definition) is 5. The molecule has 0 unspecified atom stereocenters. The van der Waals surface area contributed by atoms with Crippen molar-refractivity contribution in [3.63, 3.8) is 0 Å². The van der Waals surface area contributed by atoms with E-state index in [0.29, 0.717) is 22.2 Å². The highest BCUT2D eigenvalue weighted by atomic mass is 35.5. The molecule has 2 amide bonds. The minimum atomic E-state index is -0.616. The molecule has 7 nitrogen and oxygen atoms in total. The Balaban J connectivity index is 1.71. The van der Waals surface area contributed by atoms with Gasteiger partial charge in [0.1, 0.15) is 6.04 Å². The lowest BCUT2D eigenvalue weighted by Gasteiger charge is -2.31. The molecule has 0 spiro atoms. The number of nitro groups is 1. The van der Waals surface area contributed by atoms with Crippen LogP contribution in [0.5, 0.6) is 0 Å². The number of nitrogens with zero attached hydrogens (tertiary/aromatic N) is 2. The Labute approximate surface area is 219 Å². The number of nitro benzene ring substituents is 1. The van der Waals surface area contributed by atoms with Crippen molar-refractivity contribution in [3.05, 3.63) is 73.8 Å².